The number of nitrogens with one attached hydrogen (secondary N) is 4. The maximum Gasteiger partial charge on any atom is 0.228 e. The molecule has 4 aromatic carbocycles. The van der Waals surface area contributed by atoms with Crippen LogP contribution < -0.4 is 21.3 Å². The molecule has 0 saturated heterocycles. The molecule has 0 spiro atoms. The van der Waals surface area contributed by atoms with Crippen molar-refractivity contribution < 1.29 is 39.6 Å². The second-order valence-electron chi connectivity index (χ2n) is 26.3. The van der Waals surface area contributed by atoms with E-state index in [0.717, 1.165) is 178 Å². The number of amides is 4. The Morgan fingerprint density at radius 3 is 1.07 bits per heavy atom. The minimum atomic E-state index is -0.142. The van der Waals surface area contributed by atoms with Gasteiger partial charge in [0.25, 0.3) is 0 Å². The number of nitrogens with zero attached hydrogens (tertiary/aromatic N) is 8. The summed E-state index contributed by atoms with van der Waals surface area (Å²) in [4.78, 5) is 85.2. The van der Waals surface area contributed by atoms with E-state index in [1.807, 2.05) is 122 Å². The third-order valence-electron chi connectivity index (χ3n) is 18.4. The summed E-state index contributed by atoms with van der Waals surface area (Å²) in [5.74, 6) is 2.93. The molecule has 20 heteroatoms. The van der Waals surface area contributed by atoms with Crippen molar-refractivity contribution in [2.24, 2.45) is 17.8 Å². The highest BCUT2D eigenvalue weighted by molar-refractivity contribution is 5.93. The molecular formula is C76H90N12O8. The summed E-state index contributed by atoms with van der Waals surface area (Å²) in [5.41, 5.74) is 22.9. The van der Waals surface area contributed by atoms with Gasteiger partial charge in [-0.25, -0.2) is 39.9 Å². The molecule has 1 fully saturated rings. The molecule has 4 heterocycles. The molecule has 13 rings (SSSR count). The predicted octanol–water partition coefficient (Wildman–Crippen LogP) is 12.0. The Bertz CT molecular complexity index is 4220. The van der Waals surface area contributed by atoms with E-state index in [0.29, 0.717) is 53.6 Å². The van der Waals surface area contributed by atoms with Crippen molar-refractivity contribution in [2.45, 2.75) is 191 Å². The third-order valence-corrected chi connectivity index (χ3v) is 18.4. The molecule has 1 atom stereocenters. The zero-order chi connectivity index (χ0) is 68.3. The fourth-order valence-corrected chi connectivity index (χ4v) is 13.0. The van der Waals surface area contributed by atoms with Gasteiger partial charge in [-0.2, -0.15) is 0 Å². The minimum absolute atomic E-state index is 0.0151. The lowest BCUT2D eigenvalue weighted by molar-refractivity contribution is -0.119. The number of carbonyl (C=O) groups is 4. The number of aromatic nitrogens is 8. The molecule has 5 aliphatic rings. The second-order valence-corrected chi connectivity index (χ2v) is 26.3. The molecule has 96 heavy (non-hydrogen) atoms. The quantitative estimate of drug-likeness (QED) is 0.0502. The lowest BCUT2D eigenvalue weighted by atomic mass is 9.87. The Morgan fingerprint density at radius 1 is 0.438 bits per heavy atom. The van der Waals surface area contributed by atoms with Crippen molar-refractivity contribution in [3.8, 4) is 45.0 Å². The molecule has 4 amide bonds. The molecule has 1 saturated carbocycles. The number of fused-ring (bicyclic) bond motifs is 12. The van der Waals surface area contributed by atoms with Crippen LogP contribution in [0.4, 0.5) is 23.3 Å². The maximum absolute atomic E-state index is 12.5. The molecule has 0 aliphatic heterocycles. The third kappa shape index (κ3) is 16.8. The van der Waals surface area contributed by atoms with Gasteiger partial charge in [0.2, 0.25) is 23.6 Å². The topological polar surface area (TPSA) is 300 Å². The van der Waals surface area contributed by atoms with Gasteiger partial charge in [0, 0.05) is 47.9 Å². The smallest absolute Gasteiger partial charge is 0.228 e. The van der Waals surface area contributed by atoms with Gasteiger partial charge < -0.3 is 41.7 Å². The van der Waals surface area contributed by atoms with Crippen molar-refractivity contribution in [3.63, 3.8) is 0 Å². The lowest BCUT2D eigenvalue weighted by Gasteiger charge is -2.22. The van der Waals surface area contributed by atoms with Crippen molar-refractivity contribution in [2.75, 3.05) is 21.3 Å². The minimum Gasteiger partial charge on any atom is -0.392 e. The summed E-state index contributed by atoms with van der Waals surface area (Å²) >= 11 is 0. The van der Waals surface area contributed by atoms with Crippen molar-refractivity contribution >= 4 is 46.9 Å². The van der Waals surface area contributed by atoms with Gasteiger partial charge in [-0.1, -0.05) is 120 Å². The SMILES string of the molecule is CC(=O)Nc1nc2c(nc1C)-c1ccc(CO)cc1CC2.CCC(C)C(=O)Nc1nc2c(nc1C)-c1ccc(CO)cc1CC2.Cc1nc2c(nc1NC(=O)CC(C)C)CCc1cc(CO)ccc1-2.Cc1nc2c(nc1NC(=O)CC1CCCCC1)CCc1cc(CO)ccc1-2. The summed E-state index contributed by atoms with van der Waals surface area (Å²) in [7, 11) is 0. The number of aliphatic hydroxyl groups excluding tert-OH is 4. The van der Waals surface area contributed by atoms with E-state index in [9.17, 15) is 39.6 Å². The van der Waals surface area contributed by atoms with E-state index in [2.05, 4.69) is 47.3 Å². The van der Waals surface area contributed by atoms with Crippen LogP contribution in [-0.4, -0.2) is 83.9 Å². The molecule has 0 bridgehead atoms. The van der Waals surface area contributed by atoms with Gasteiger partial charge in [-0.3, -0.25) is 19.2 Å². The van der Waals surface area contributed by atoms with E-state index in [-0.39, 0.29) is 56.0 Å². The molecule has 20 nitrogen and oxygen atoms in total. The molecule has 8 N–H and O–H groups in total. The number of carbonyl (C=O) groups excluding carboxylic acids is 4. The average Bonchev–Trinajstić information content (AvgIpc) is 0.805. The molecule has 8 aromatic rings. The van der Waals surface area contributed by atoms with E-state index < -0.39 is 0 Å². The summed E-state index contributed by atoms with van der Waals surface area (Å²) in [6.07, 6.45) is 14.6. The van der Waals surface area contributed by atoms with E-state index >= 15 is 0 Å². The Balaban J connectivity index is 0.000000140. The Hall–Kier alpha value is -9.08. The van der Waals surface area contributed by atoms with Gasteiger partial charge in [-0.15, -0.1) is 0 Å². The zero-order valence-electron chi connectivity index (χ0n) is 56.8. The number of hydrogen-bond acceptors (Lipinski definition) is 16. The first kappa shape index (κ1) is 69.7. The van der Waals surface area contributed by atoms with Crippen LogP contribution >= 0.6 is 0 Å². The average molecular weight is 1300 g/mol. The standard InChI is InChI=1S/C22H27N3O2.2C19H23N3O2.C16H17N3O2/c1-14-22(25-20(27)12-15-5-3-2-4-6-15)24-19-10-8-17-11-16(13-26)7-9-18(17)21(19)23-14;1-11(2)8-17(24)22-19-12(3)20-18-15-6-4-13(10-23)9-14(15)5-7-16(18)21-19;1-4-11(2)19(24)22-18-12(3)20-17-15-7-5-13(10-23)9-14(15)6-8-16(17)21-18;1-9-16(18-10(2)21)19-14-6-4-12-7-11(8-20)3-5-13(12)15(14)17-9/h7,9,11,15,26H,2-6,8,10,12-13H2,1H3,(H,24,25,27);4,6,9,11,23H,5,7-8,10H2,1-3H3,(H,21,22,24);5,7,9,11,23H,4,6,8,10H2,1-3H3,(H,21,22,24);3,5,7,20H,4,6,8H2,1-2H3,(H,18,19,21). The first-order valence-electron chi connectivity index (χ1n) is 33.8. The van der Waals surface area contributed by atoms with Crippen LogP contribution in [0.15, 0.2) is 72.8 Å². The molecular weight excluding hydrogens is 1210 g/mol. The number of aryl methyl sites for hydroxylation is 12. The summed E-state index contributed by atoms with van der Waals surface area (Å²) in [6.45, 7) is 17.1. The fraction of sp³-hybridized carbons (Fsp3) is 0.421. The number of hydrogen-bond donors (Lipinski definition) is 8. The van der Waals surface area contributed by atoms with Gasteiger partial charge in [0.05, 0.1) is 94.8 Å². The highest BCUT2D eigenvalue weighted by atomic mass is 16.3. The van der Waals surface area contributed by atoms with Crippen LogP contribution in [0.2, 0.25) is 0 Å². The molecule has 4 aromatic heterocycles. The van der Waals surface area contributed by atoms with Crippen LogP contribution in [0.5, 0.6) is 0 Å². The highest BCUT2D eigenvalue weighted by Gasteiger charge is 2.27. The first-order chi connectivity index (χ1) is 46.2. The summed E-state index contributed by atoms with van der Waals surface area (Å²) in [5, 5.41) is 48.7. The monoisotopic (exact) mass is 1300 g/mol. The van der Waals surface area contributed by atoms with Gasteiger partial charge in [0.15, 0.2) is 23.3 Å². The normalized spacial score (nSPS) is 14.0. The first-order valence-corrected chi connectivity index (χ1v) is 33.8. The van der Waals surface area contributed by atoms with E-state index in [4.69, 9.17) is 19.9 Å². The molecule has 0 radical (unpaired) electrons. The largest absolute Gasteiger partial charge is 0.392 e. The maximum atomic E-state index is 12.5. The second kappa shape index (κ2) is 31.6. The van der Waals surface area contributed by atoms with Gasteiger partial charge >= 0.3 is 0 Å². The Labute approximate surface area is 562 Å². The van der Waals surface area contributed by atoms with Crippen molar-refractivity contribution in [3.05, 3.63) is 163 Å². The predicted molar refractivity (Wildman–Crippen MR) is 372 cm³/mol. The summed E-state index contributed by atoms with van der Waals surface area (Å²) < 4.78 is 0. The number of aliphatic hydroxyl groups is 4. The number of anilines is 4. The Kier molecular flexibility index (Phi) is 23.0. The van der Waals surface area contributed by atoms with Crippen molar-refractivity contribution in [1.82, 2.24) is 39.9 Å². The van der Waals surface area contributed by atoms with Crippen LogP contribution in [0.3, 0.4) is 0 Å². The molecule has 5 aliphatic carbocycles. The van der Waals surface area contributed by atoms with Crippen molar-refractivity contribution in [1.29, 1.82) is 0 Å². The highest BCUT2D eigenvalue weighted by Crippen LogP contribution is 2.38. The van der Waals surface area contributed by atoms with E-state index in [1.165, 1.54) is 48.4 Å². The lowest BCUT2D eigenvalue weighted by Crippen LogP contribution is -2.22. The van der Waals surface area contributed by atoms with E-state index in [1.54, 1.807) is 0 Å². The number of rotatable bonds is 14. The zero-order valence-corrected chi connectivity index (χ0v) is 56.8. The van der Waals surface area contributed by atoms with Crippen LogP contribution in [0.1, 0.15) is 176 Å². The van der Waals surface area contributed by atoms with Crippen LogP contribution in [-0.2, 0) is 97.0 Å². The molecule has 1 unspecified atom stereocenters. The van der Waals surface area contributed by atoms with Crippen LogP contribution in [0.25, 0.3) is 45.0 Å². The van der Waals surface area contributed by atoms with Gasteiger partial charge in [0.1, 0.15) is 0 Å². The van der Waals surface area contributed by atoms with Gasteiger partial charge in [-0.05, 0) is 155 Å². The van der Waals surface area contributed by atoms with Crippen LogP contribution in [0, 0.1) is 45.4 Å². The summed E-state index contributed by atoms with van der Waals surface area (Å²) in [6, 6.07) is 23.9. The number of benzene rings is 4. The fourth-order valence-electron chi connectivity index (χ4n) is 13.0. The molecule has 502 valence electrons. The Morgan fingerprint density at radius 2 is 0.760 bits per heavy atom.